The van der Waals surface area contributed by atoms with Crippen LogP contribution in [-0.2, 0) is 16.1 Å². The maximum absolute atomic E-state index is 12.4. The Morgan fingerprint density at radius 2 is 2.21 bits per heavy atom. The normalized spacial score (nSPS) is 20.2. The molecule has 0 bridgehead atoms. The van der Waals surface area contributed by atoms with Gasteiger partial charge in [0.25, 0.3) is 11.5 Å². The summed E-state index contributed by atoms with van der Waals surface area (Å²) in [6, 6.07) is 3.55. The lowest BCUT2D eigenvalue weighted by Gasteiger charge is -2.21. The van der Waals surface area contributed by atoms with Gasteiger partial charge in [-0.1, -0.05) is 0 Å². The lowest BCUT2D eigenvalue weighted by molar-refractivity contribution is -0.121. The molecular formula is C22H26N8O4. The predicted octanol–water partition coefficient (Wildman–Crippen LogP) is -0.490. The highest BCUT2D eigenvalue weighted by Gasteiger charge is 2.24. The van der Waals surface area contributed by atoms with E-state index in [2.05, 4.69) is 35.5 Å². The van der Waals surface area contributed by atoms with Gasteiger partial charge in [-0.3, -0.25) is 14.2 Å². The first kappa shape index (κ1) is 22.2. The average Bonchev–Trinajstić information content (AvgIpc) is 3.30. The van der Waals surface area contributed by atoms with Crippen molar-refractivity contribution in [2.24, 2.45) is 15.9 Å². The maximum atomic E-state index is 12.4. The lowest BCUT2D eigenvalue weighted by Crippen LogP contribution is -2.44. The summed E-state index contributed by atoms with van der Waals surface area (Å²) in [4.78, 5) is 43.1. The van der Waals surface area contributed by atoms with Gasteiger partial charge < -0.3 is 25.0 Å². The van der Waals surface area contributed by atoms with Gasteiger partial charge in [-0.25, -0.2) is 9.98 Å². The second-order valence-electron chi connectivity index (χ2n) is 8.37. The molecule has 3 aliphatic heterocycles. The van der Waals surface area contributed by atoms with Crippen LogP contribution in [0, 0.1) is 5.92 Å². The van der Waals surface area contributed by atoms with Gasteiger partial charge in [0.15, 0.2) is 23.8 Å². The van der Waals surface area contributed by atoms with E-state index in [9.17, 15) is 9.59 Å². The Labute approximate surface area is 195 Å². The Bertz CT molecular complexity index is 1250. The van der Waals surface area contributed by atoms with E-state index < -0.39 is 0 Å². The fourth-order valence-electron chi connectivity index (χ4n) is 4.27. The van der Waals surface area contributed by atoms with E-state index in [1.165, 1.54) is 6.20 Å². The van der Waals surface area contributed by atoms with Gasteiger partial charge in [0.1, 0.15) is 11.4 Å². The zero-order valence-corrected chi connectivity index (χ0v) is 18.9. The molecule has 34 heavy (non-hydrogen) atoms. The number of ether oxygens (including phenoxy) is 2. The molecule has 3 aliphatic rings. The topological polar surface area (TPSA) is 135 Å². The van der Waals surface area contributed by atoms with Crippen LogP contribution < -0.4 is 20.9 Å². The third kappa shape index (κ3) is 4.82. The SMILES string of the molecule is COc1ccc2ncc(=O)n(CCN3CC[C@@H](CNCC4=NC=C5OCC(=O)N=C5N4)C3)c2n1. The van der Waals surface area contributed by atoms with E-state index in [1.807, 2.05) is 6.07 Å². The monoisotopic (exact) mass is 466 g/mol. The summed E-state index contributed by atoms with van der Waals surface area (Å²) in [5, 5.41) is 6.47. The van der Waals surface area contributed by atoms with Crippen LogP contribution in [0.3, 0.4) is 0 Å². The molecule has 12 nitrogen and oxygen atoms in total. The summed E-state index contributed by atoms with van der Waals surface area (Å²) in [5.41, 5.74) is 1.04. The fourth-order valence-corrected chi connectivity index (χ4v) is 4.27. The number of likely N-dealkylation sites (tertiary alicyclic amines) is 1. The lowest BCUT2D eigenvalue weighted by atomic mass is 10.1. The van der Waals surface area contributed by atoms with E-state index in [0.717, 1.165) is 32.6 Å². The van der Waals surface area contributed by atoms with E-state index >= 15 is 0 Å². The summed E-state index contributed by atoms with van der Waals surface area (Å²) < 4.78 is 12.2. The molecule has 5 rings (SSSR count). The molecular weight excluding hydrogens is 440 g/mol. The number of fused-ring (bicyclic) bond motifs is 2. The van der Waals surface area contributed by atoms with Crippen molar-refractivity contribution >= 4 is 28.7 Å². The number of aromatic nitrogens is 3. The smallest absolute Gasteiger partial charge is 0.285 e. The van der Waals surface area contributed by atoms with Crippen molar-refractivity contribution in [1.82, 2.24) is 30.1 Å². The Balaban J connectivity index is 1.11. The molecule has 12 heteroatoms. The summed E-state index contributed by atoms with van der Waals surface area (Å²) in [6.45, 7) is 4.55. The van der Waals surface area contributed by atoms with Crippen molar-refractivity contribution in [3.05, 3.63) is 40.6 Å². The number of nitrogens with zero attached hydrogens (tertiary/aromatic N) is 6. The zero-order chi connectivity index (χ0) is 23.5. The molecule has 2 aromatic heterocycles. The summed E-state index contributed by atoms with van der Waals surface area (Å²) in [6.07, 6.45) is 4.00. The standard InChI is InChI=1S/C22H26N8O4/c1-33-19-3-2-15-22(28-19)30(20(32)11-24-15)7-6-29-5-4-14(12-29)8-23-10-17-25-9-16-21(26-17)27-18(31)13-34-16/h2-3,9,11,14,23H,4-8,10,12-13H2,1H3,(H,25,26,27,31)/t14-/m0/s1. The molecule has 1 amide bonds. The van der Waals surface area contributed by atoms with Gasteiger partial charge in [-0.15, -0.1) is 0 Å². The van der Waals surface area contributed by atoms with Crippen LogP contribution in [0.5, 0.6) is 5.88 Å². The highest BCUT2D eigenvalue weighted by atomic mass is 16.5. The molecule has 2 aromatic rings. The summed E-state index contributed by atoms with van der Waals surface area (Å²) in [7, 11) is 1.55. The van der Waals surface area contributed by atoms with Crippen LogP contribution in [0.25, 0.3) is 11.2 Å². The summed E-state index contributed by atoms with van der Waals surface area (Å²) >= 11 is 0. The number of hydrogen-bond acceptors (Lipinski definition) is 10. The highest BCUT2D eigenvalue weighted by molar-refractivity contribution is 6.15. The number of nitrogens with one attached hydrogen (secondary N) is 2. The molecule has 1 fully saturated rings. The number of methoxy groups -OCH3 is 1. The minimum absolute atomic E-state index is 0.0466. The first-order valence-corrected chi connectivity index (χ1v) is 11.2. The van der Waals surface area contributed by atoms with E-state index in [0.29, 0.717) is 53.5 Å². The van der Waals surface area contributed by atoms with Crippen molar-refractivity contribution in [3.63, 3.8) is 0 Å². The van der Waals surface area contributed by atoms with E-state index in [1.54, 1.807) is 23.9 Å². The predicted molar refractivity (Wildman–Crippen MR) is 125 cm³/mol. The van der Waals surface area contributed by atoms with Crippen molar-refractivity contribution < 1.29 is 14.3 Å². The van der Waals surface area contributed by atoms with Gasteiger partial charge in [0.05, 0.1) is 26.1 Å². The minimum atomic E-state index is -0.308. The number of hydrogen-bond donors (Lipinski definition) is 2. The number of carbonyl (C=O) groups is 1. The van der Waals surface area contributed by atoms with E-state index in [4.69, 9.17) is 9.47 Å². The summed E-state index contributed by atoms with van der Waals surface area (Å²) in [5.74, 6) is 2.25. The van der Waals surface area contributed by atoms with Crippen LogP contribution in [0.1, 0.15) is 6.42 Å². The fraction of sp³-hybridized carbons (Fsp3) is 0.455. The average molecular weight is 467 g/mol. The number of rotatable bonds is 8. The second-order valence-corrected chi connectivity index (χ2v) is 8.37. The Morgan fingerprint density at radius 1 is 1.29 bits per heavy atom. The molecule has 178 valence electrons. The van der Waals surface area contributed by atoms with Crippen LogP contribution in [0.4, 0.5) is 0 Å². The Morgan fingerprint density at radius 3 is 3.09 bits per heavy atom. The quantitative estimate of drug-likeness (QED) is 0.528. The molecule has 5 heterocycles. The number of amides is 1. The molecule has 2 N–H and O–H groups in total. The molecule has 0 radical (unpaired) electrons. The molecule has 0 saturated carbocycles. The second kappa shape index (κ2) is 9.69. The molecule has 1 saturated heterocycles. The maximum Gasteiger partial charge on any atom is 0.285 e. The van der Waals surface area contributed by atoms with Gasteiger partial charge in [0, 0.05) is 25.7 Å². The third-order valence-electron chi connectivity index (χ3n) is 6.03. The molecule has 0 aromatic carbocycles. The number of pyridine rings is 1. The van der Waals surface area contributed by atoms with E-state index in [-0.39, 0.29) is 18.1 Å². The third-order valence-corrected chi connectivity index (χ3v) is 6.03. The minimum Gasteiger partial charge on any atom is -0.481 e. The number of amidine groups is 2. The Hall–Kier alpha value is -3.64. The largest absolute Gasteiger partial charge is 0.481 e. The van der Waals surface area contributed by atoms with Crippen LogP contribution >= 0.6 is 0 Å². The first-order chi connectivity index (χ1) is 16.6. The number of carbonyl (C=O) groups excluding carboxylic acids is 1. The van der Waals surface area contributed by atoms with Gasteiger partial charge in [-0.2, -0.15) is 9.98 Å². The van der Waals surface area contributed by atoms with Crippen molar-refractivity contribution in [2.75, 3.05) is 46.4 Å². The molecule has 0 unspecified atom stereocenters. The van der Waals surface area contributed by atoms with Crippen LogP contribution in [0.15, 0.2) is 45.1 Å². The number of aliphatic imine (C=N–C) groups is 2. The van der Waals surface area contributed by atoms with Gasteiger partial charge in [0.2, 0.25) is 5.88 Å². The van der Waals surface area contributed by atoms with Gasteiger partial charge in [-0.05, 0) is 31.5 Å². The molecule has 0 spiro atoms. The highest BCUT2D eigenvalue weighted by Crippen LogP contribution is 2.17. The van der Waals surface area contributed by atoms with Crippen molar-refractivity contribution in [2.45, 2.75) is 13.0 Å². The zero-order valence-electron chi connectivity index (χ0n) is 18.9. The van der Waals surface area contributed by atoms with Gasteiger partial charge >= 0.3 is 0 Å². The molecule has 0 aliphatic carbocycles. The molecule has 1 atom stereocenters. The van der Waals surface area contributed by atoms with Crippen molar-refractivity contribution in [1.29, 1.82) is 0 Å². The first-order valence-electron chi connectivity index (χ1n) is 11.2. The van der Waals surface area contributed by atoms with Crippen LogP contribution in [-0.4, -0.2) is 83.5 Å². The van der Waals surface area contributed by atoms with Crippen molar-refractivity contribution in [3.8, 4) is 5.88 Å². The van der Waals surface area contributed by atoms with Crippen LogP contribution in [0.2, 0.25) is 0 Å². The Kier molecular flexibility index (Phi) is 6.32.